The van der Waals surface area contributed by atoms with Crippen LogP contribution in [0.15, 0.2) is 42.5 Å². The molecule has 3 aromatic rings. The summed E-state index contributed by atoms with van der Waals surface area (Å²) in [4.78, 5) is 22.4. The zero-order valence-corrected chi connectivity index (χ0v) is 15.3. The quantitative estimate of drug-likeness (QED) is 0.665. The molecule has 1 aliphatic heterocycles. The molecule has 136 valence electrons. The Morgan fingerprint density at radius 2 is 2.04 bits per heavy atom. The predicted octanol–water partition coefficient (Wildman–Crippen LogP) is 4.33. The summed E-state index contributed by atoms with van der Waals surface area (Å²) in [5, 5.41) is 6.10. The Kier molecular flexibility index (Phi) is 4.87. The number of benzene rings is 2. The van der Waals surface area contributed by atoms with E-state index in [1.54, 1.807) is 18.2 Å². The molecule has 1 fully saturated rings. The number of rotatable bonds is 3. The third-order valence-electron chi connectivity index (χ3n) is 4.20. The zero-order chi connectivity index (χ0) is 18.6. The van der Waals surface area contributed by atoms with E-state index >= 15 is 0 Å². The molecule has 2 aromatic carbocycles. The van der Waals surface area contributed by atoms with E-state index in [1.165, 1.54) is 11.3 Å². The minimum Gasteiger partial charge on any atom is -0.378 e. The molecule has 1 saturated heterocycles. The van der Waals surface area contributed by atoms with Crippen molar-refractivity contribution in [3.63, 3.8) is 0 Å². The smallest absolute Gasteiger partial charge is 0.325 e. The first-order valence-corrected chi connectivity index (χ1v) is 9.32. The topological polar surface area (TPSA) is 70.9 Å². The standard InChI is InChI=1S/C19H17N5O2S/c1-20-13-5-6-16-17(12-13)27-19(22-16)23-18(25)21-14-3-2-4-15(11-14)24-7-9-26-10-8-24/h2-6,11-12H,7-10H2,(H2,21,22,23,25). The van der Waals surface area contributed by atoms with Crippen LogP contribution >= 0.6 is 11.3 Å². The highest BCUT2D eigenvalue weighted by atomic mass is 32.1. The van der Waals surface area contributed by atoms with Gasteiger partial charge in [0.25, 0.3) is 0 Å². The molecular formula is C19H17N5O2S. The molecule has 0 spiro atoms. The van der Waals surface area contributed by atoms with Gasteiger partial charge in [0.05, 0.1) is 25.3 Å². The lowest BCUT2D eigenvalue weighted by molar-refractivity contribution is 0.122. The normalized spacial score (nSPS) is 14.0. The van der Waals surface area contributed by atoms with Crippen LogP contribution in [-0.2, 0) is 4.74 Å². The van der Waals surface area contributed by atoms with Gasteiger partial charge in [0.15, 0.2) is 10.8 Å². The van der Waals surface area contributed by atoms with E-state index in [1.807, 2.05) is 24.3 Å². The van der Waals surface area contributed by atoms with Crippen LogP contribution in [0.1, 0.15) is 0 Å². The monoisotopic (exact) mass is 379 g/mol. The number of carbonyl (C=O) groups excluding carboxylic acids is 1. The summed E-state index contributed by atoms with van der Waals surface area (Å²) in [5.74, 6) is 0. The molecular weight excluding hydrogens is 362 g/mol. The van der Waals surface area contributed by atoms with Crippen molar-refractivity contribution < 1.29 is 9.53 Å². The van der Waals surface area contributed by atoms with Crippen molar-refractivity contribution in [3.8, 4) is 0 Å². The minimum atomic E-state index is -0.349. The molecule has 2 amide bonds. The lowest BCUT2D eigenvalue weighted by atomic mass is 10.2. The van der Waals surface area contributed by atoms with Gasteiger partial charge in [-0.25, -0.2) is 14.6 Å². The SMILES string of the molecule is [C-]#[N+]c1ccc2nc(NC(=O)Nc3cccc(N4CCOCC4)c3)sc2c1. The summed E-state index contributed by atoms with van der Waals surface area (Å²) in [7, 11) is 0. The molecule has 0 radical (unpaired) electrons. The van der Waals surface area contributed by atoms with Crippen LogP contribution in [0.25, 0.3) is 15.1 Å². The molecule has 0 atom stereocenters. The minimum absolute atomic E-state index is 0.349. The Bertz CT molecular complexity index is 1020. The van der Waals surface area contributed by atoms with Gasteiger partial charge in [-0.15, -0.1) is 0 Å². The number of urea groups is 1. The molecule has 2 heterocycles. The first kappa shape index (κ1) is 17.3. The summed E-state index contributed by atoms with van der Waals surface area (Å²) in [6, 6.07) is 12.7. The van der Waals surface area contributed by atoms with E-state index in [0.29, 0.717) is 29.7 Å². The van der Waals surface area contributed by atoms with E-state index in [9.17, 15) is 4.79 Å². The molecule has 0 saturated carbocycles. The summed E-state index contributed by atoms with van der Waals surface area (Å²) in [6.45, 7) is 10.2. The number of hydrogen-bond donors (Lipinski definition) is 2. The van der Waals surface area contributed by atoms with Gasteiger partial charge in [-0.3, -0.25) is 5.32 Å². The number of thiazole rings is 1. The van der Waals surface area contributed by atoms with Gasteiger partial charge in [0.1, 0.15) is 0 Å². The Morgan fingerprint density at radius 1 is 1.19 bits per heavy atom. The number of nitrogens with one attached hydrogen (secondary N) is 2. The van der Waals surface area contributed by atoms with Gasteiger partial charge >= 0.3 is 6.03 Å². The number of morpholine rings is 1. The number of amides is 2. The van der Waals surface area contributed by atoms with Gasteiger partial charge in [-0.1, -0.05) is 23.5 Å². The average Bonchev–Trinajstić information content (AvgIpc) is 3.09. The van der Waals surface area contributed by atoms with Gasteiger partial charge in [-0.05, 0) is 30.3 Å². The molecule has 8 heteroatoms. The fraction of sp³-hybridized carbons (Fsp3) is 0.211. The van der Waals surface area contributed by atoms with Crippen molar-refractivity contribution >= 4 is 49.8 Å². The summed E-state index contributed by atoms with van der Waals surface area (Å²) in [5.41, 5.74) is 3.09. The van der Waals surface area contributed by atoms with Crippen LogP contribution in [0, 0.1) is 6.57 Å². The molecule has 2 N–H and O–H groups in total. The van der Waals surface area contributed by atoms with E-state index < -0.39 is 0 Å². The number of aromatic nitrogens is 1. The van der Waals surface area contributed by atoms with Gasteiger partial charge in [0.2, 0.25) is 0 Å². The maximum atomic E-state index is 12.3. The third-order valence-corrected chi connectivity index (χ3v) is 5.14. The number of nitrogens with zero attached hydrogens (tertiary/aromatic N) is 3. The number of ether oxygens (including phenoxy) is 1. The number of anilines is 3. The van der Waals surface area contributed by atoms with Crippen molar-refractivity contribution in [3.05, 3.63) is 53.9 Å². The average molecular weight is 379 g/mol. The molecule has 1 aliphatic rings. The van der Waals surface area contributed by atoms with Gasteiger partial charge < -0.3 is 15.0 Å². The molecule has 27 heavy (non-hydrogen) atoms. The fourth-order valence-corrected chi connectivity index (χ4v) is 3.79. The Hall–Kier alpha value is -3.15. The summed E-state index contributed by atoms with van der Waals surface area (Å²) in [6.07, 6.45) is 0. The van der Waals surface area contributed by atoms with Crippen LogP contribution in [0.4, 0.5) is 27.0 Å². The van der Waals surface area contributed by atoms with Crippen LogP contribution in [0.3, 0.4) is 0 Å². The van der Waals surface area contributed by atoms with Crippen molar-refractivity contribution in [1.29, 1.82) is 0 Å². The third kappa shape index (κ3) is 4.00. The second kappa shape index (κ2) is 7.61. The van der Waals surface area contributed by atoms with E-state index in [4.69, 9.17) is 11.3 Å². The zero-order valence-electron chi connectivity index (χ0n) is 14.4. The highest BCUT2D eigenvalue weighted by Gasteiger charge is 2.13. The summed E-state index contributed by atoms with van der Waals surface area (Å²) >= 11 is 1.34. The second-order valence-corrected chi connectivity index (χ2v) is 7.04. The molecule has 0 aliphatic carbocycles. The van der Waals surface area contributed by atoms with Crippen molar-refractivity contribution in [2.45, 2.75) is 0 Å². The number of hydrogen-bond acceptors (Lipinski definition) is 5. The lowest BCUT2D eigenvalue weighted by Gasteiger charge is -2.29. The fourth-order valence-electron chi connectivity index (χ4n) is 2.90. The predicted molar refractivity (Wildman–Crippen MR) is 108 cm³/mol. The Morgan fingerprint density at radius 3 is 2.85 bits per heavy atom. The van der Waals surface area contributed by atoms with Gasteiger partial charge in [-0.2, -0.15) is 0 Å². The van der Waals surface area contributed by atoms with Crippen LogP contribution in [-0.4, -0.2) is 37.3 Å². The second-order valence-electron chi connectivity index (χ2n) is 6.01. The molecule has 0 bridgehead atoms. The maximum absolute atomic E-state index is 12.3. The first-order chi connectivity index (χ1) is 13.2. The molecule has 1 aromatic heterocycles. The van der Waals surface area contributed by atoms with Crippen molar-refractivity contribution in [2.24, 2.45) is 0 Å². The lowest BCUT2D eigenvalue weighted by Crippen LogP contribution is -2.36. The highest BCUT2D eigenvalue weighted by Crippen LogP contribution is 2.29. The molecule has 4 rings (SSSR count). The maximum Gasteiger partial charge on any atom is 0.325 e. The van der Waals surface area contributed by atoms with E-state index in [2.05, 4.69) is 25.4 Å². The van der Waals surface area contributed by atoms with Crippen molar-refractivity contribution in [1.82, 2.24) is 4.98 Å². The molecule has 0 unspecified atom stereocenters. The number of carbonyl (C=O) groups is 1. The van der Waals surface area contributed by atoms with Crippen LogP contribution in [0.2, 0.25) is 0 Å². The summed E-state index contributed by atoms with van der Waals surface area (Å²) < 4.78 is 6.25. The van der Waals surface area contributed by atoms with Crippen LogP contribution < -0.4 is 15.5 Å². The highest BCUT2D eigenvalue weighted by molar-refractivity contribution is 7.22. The van der Waals surface area contributed by atoms with E-state index in [-0.39, 0.29) is 6.03 Å². The Balaban J connectivity index is 1.44. The largest absolute Gasteiger partial charge is 0.378 e. The van der Waals surface area contributed by atoms with Gasteiger partial charge in [0, 0.05) is 29.2 Å². The van der Waals surface area contributed by atoms with Crippen molar-refractivity contribution in [2.75, 3.05) is 41.8 Å². The number of fused-ring (bicyclic) bond motifs is 1. The first-order valence-electron chi connectivity index (χ1n) is 8.50. The van der Waals surface area contributed by atoms with E-state index in [0.717, 1.165) is 29.0 Å². The molecule has 7 nitrogen and oxygen atoms in total. The van der Waals surface area contributed by atoms with Crippen LogP contribution in [0.5, 0.6) is 0 Å². The Labute approximate surface area is 160 Å².